The summed E-state index contributed by atoms with van der Waals surface area (Å²) < 4.78 is 5.11. The molecule has 1 fully saturated rings. The third kappa shape index (κ3) is 5.15. The molecule has 0 radical (unpaired) electrons. The van der Waals surface area contributed by atoms with Crippen LogP contribution in [0.15, 0.2) is 77.7 Å². The second-order valence-electron chi connectivity index (χ2n) is 8.33. The molecule has 1 N–H and O–H groups in total. The van der Waals surface area contributed by atoms with Crippen molar-refractivity contribution in [1.82, 2.24) is 0 Å². The van der Waals surface area contributed by atoms with E-state index in [1.165, 1.54) is 16.7 Å². The molecule has 1 saturated heterocycles. The normalized spacial score (nSPS) is 15.6. The molecular formula is C27H26N2O4S. The highest BCUT2D eigenvalue weighted by Gasteiger charge is 2.40. The first-order valence-corrected chi connectivity index (χ1v) is 11.9. The SMILES string of the molecule is COc1ccc(C(=O)Nc2ccc(SC3CC(=O)N(c4ccc(C(C)C)cc4)C3=O)cc2)cc1. The molecule has 174 valence electrons. The van der Waals surface area contributed by atoms with Crippen molar-refractivity contribution >= 4 is 40.9 Å². The Bertz CT molecular complexity index is 1190. The van der Waals surface area contributed by atoms with Crippen LogP contribution in [0.5, 0.6) is 5.75 Å². The molecule has 1 aliphatic rings. The number of hydrogen-bond donors (Lipinski definition) is 1. The Balaban J connectivity index is 1.38. The number of benzene rings is 3. The number of hydrogen-bond acceptors (Lipinski definition) is 5. The van der Waals surface area contributed by atoms with Crippen LogP contribution < -0.4 is 15.0 Å². The minimum absolute atomic E-state index is 0.158. The van der Waals surface area contributed by atoms with Crippen LogP contribution in [0.25, 0.3) is 0 Å². The summed E-state index contributed by atoms with van der Waals surface area (Å²) in [6, 6.07) is 21.7. The molecule has 7 heteroatoms. The molecule has 1 heterocycles. The van der Waals surface area contributed by atoms with Crippen molar-refractivity contribution in [1.29, 1.82) is 0 Å². The maximum atomic E-state index is 13.0. The number of nitrogens with zero attached hydrogens (tertiary/aromatic N) is 1. The summed E-state index contributed by atoms with van der Waals surface area (Å²) in [4.78, 5) is 40.1. The van der Waals surface area contributed by atoms with Gasteiger partial charge in [0.15, 0.2) is 0 Å². The van der Waals surface area contributed by atoms with Gasteiger partial charge in [-0.3, -0.25) is 14.4 Å². The van der Waals surface area contributed by atoms with Crippen molar-refractivity contribution in [2.45, 2.75) is 36.3 Å². The van der Waals surface area contributed by atoms with Gasteiger partial charge in [-0.1, -0.05) is 26.0 Å². The minimum Gasteiger partial charge on any atom is -0.497 e. The fraction of sp³-hybridized carbons (Fsp3) is 0.222. The van der Waals surface area contributed by atoms with Crippen molar-refractivity contribution in [2.24, 2.45) is 0 Å². The Morgan fingerprint density at radius 3 is 2.21 bits per heavy atom. The lowest BCUT2D eigenvalue weighted by Gasteiger charge is -2.16. The molecule has 1 atom stereocenters. The van der Waals surface area contributed by atoms with Gasteiger partial charge in [-0.05, 0) is 72.1 Å². The molecule has 4 rings (SSSR count). The summed E-state index contributed by atoms with van der Waals surface area (Å²) in [5.41, 5.74) is 2.94. The second kappa shape index (κ2) is 10.1. The number of imide groups is 1. The van der Waals surface area contributed by atoms with Crippen molar-refractivity contribution < 1.29 is 19.1 Å². The third-order valence-electron chi connectivity index (χ3n) is 5.67. The van der Waals surface area contributed by atoms with Gasteiger partial charge >= 0.3 is 0 Å². The molecule has 34 heavy (non-hydrogen) atoms. The number of thioether (sulfide) groups is 1. The Hall–Kier alpha value is -3.58. The van der Waals surface area contributed by atoms with E-state index in [1.54, 1.807) is 43.5 Å². The molecule has 0 bridgehead atoms. The molecule has 3 aromatic carbocycles. The number of methoxy groups -OCH3 is 1. The third-order valence-corrected chi connectivity index (χ3v) is 6.86. The Morgan fingerprint density at radius 1 is 0.971 bits per heavy atom. The summed E-state index contributed by atoms with van der Waals surface area (Å²) in [5.74, 6) is 0.446. The van der Waals surface area contributed by atoms with Crippen LogP contribution in [0, 0.1) is 0 Å². The van der Waals surface area contributed by atoms with Gasteiger partial charge in [-0.25, -0.2) is 4.90 Å². The first-order chi connectivity index (χ1) is 16.4. The van der Waals surface area contributed by atoms with Gasteiger partial charge < -0.3 is 10.1 Å². The van der Waals surface area contributed by atoms with Crippen LogP contribution in [0.2, 0.25) is 0 Å². The molecule has 1 unspecified atom stereocenters. The Kier molecular flexibility index (Phi) is 7.03. The van der Waals surface area contributed by atoms with E-state index in [9.17, 15) is 14.4 Å². The number of rotatable bonds is 7. The fourth-order valence-corrected chi connectivity index (χ4v) is 4.76. The van der Waals surface area contributed by atoms with E-state index in [0.717, 1.165) is 10.5 Å². The Morgan fingerprint density at radius 2 is 1.62 bits per heavy atom. The number of anilines is 2. The monoisotopic (exact) mass is 474 g/mol. The van der Waals surface area contributed by atoms with Crippen LogP contribution in [-0.4, -0.2) is 30.1 Å². The van der Waals surface area contributed by atoms with Crippen molar-refractivity contribution in [3.63, 3.8) is 0 Å². The molecule has 0 aliphatic carbocycles. The van der Waals surface area contributed by atoms with Crippen LogP contribution in [0.1, 0.15) is 42.1 Å². The summed E-state index contributed by atoms with van der Waals surface area (Å²) in [7, 11) is 1.57. The quantitative estimate of drug-likeness (QED) is 0.458. The van der Waals surface area contributed by atoms with E-state index in [0.29, 0.717) is 28.6 Å². The van der Waals surface area contributed by atoms with Crippen molar-refractivity contribution in [2.75, 3.05) is 17.3 Å². The van der Waals surface area contributed by atoms with E-state index in [2.05, 4.69) is 19.2 Å². The predicted molar refractivity (Wildman–Crippen MR) is 135 cm³/mol. The highest BCUT2D eigenvalue weighted by Crippen LogP contribution is 2.34. The smallest absolute Gasteiger partial charge is 0.255 e. The van der Waals surface area contributed by atoms with Gasteiger partial charge in [0.25, 0.3) is 5.91 Å². The van der Waals surface area contributed by atoms with E-state index in [-0.39, 0.29) is 24.1 Å². The van der Waals surface area contributed by atoms with Gasteiger partial charge in [0.2, 0.25) is 11.8 Å². The molecule has 0 aromatic heterocycles. The number of ether oxygens (including phenoxy) is 1. The highest BCUT2D eigenvalue weighted by atomic mass is 32.2. The van der Waals surface area contributed by atoms with Crippen LogP contribution >= 0.6 is 11.8 Å². The molecule has 0 saturated carbocycles. The predicted octanol–water partition coefficient (Wildman–Crippen LogP) is 5.50. The zero-order valence-corrected chi connectivity index (χ0v) is 20.1. The summed E-state index contributed by atoms with van der Waals surface area (Å²) in [6.45, 7) is 4.20. The van der Waals surface area contributed by atoms with E-state index in [1.807, 2.05) is 36.4 Å². The lowest BCUT2D eigenvalue weighted by atomic mass is 10.0. The zero-order chi connectivity index (χ0) is 24.2. The molecule has 6 nitrogen and oxygen atoms in total. The highest BCUT2D eigenvalue weighted by molar-refractivity contribution is 8.00. The average Bonchev–Trinajstić information content (AvgIpc) is 3.12. The molecule has 0 spiro atoms. The van der Waals surface area contributed by atoms with Gasteiger partial charge in [-0.15, -0.1) is 11.8 Å². The maximum absolute atomic E-state index is 13.0. The van der Waals surface area contributed by atoms with Crippen LogP contribution in [0.4, 0.5) is 11.4 Å². The standard InChI is InChI=1S/C27H26N2O4S/c1-17(2)18-4-10-21(11-5-18)29-25(30)16-24(27(29)32)34-23-14-8-20(9-15-23)28-26(31)19-6-12-22(33-3)13-7-19/h4-15,17,24H,16H2,1-3H3,(H,28,31). The number of carbonyl (C=O) groups is 3. The fourth-order valence-electron chi connectivity index (χ4n) is 3.70. The lowest BCUT2D eigenvalue weighted by Crippen LogP contribution is -2.31. The van der Waals surface area contributed by atoms with Crippen molar-refractivity contribution in [3.05, 3.63) is 83.9 Å². The first kappa shape index (κ1) is 23.6. The van der Waals surface area contributed by atoms with Crippen molar-refractivity contribution in [3.8, 4) is 5.75 Å². The minimum atomic E-state index is -0.475. The molecule has 1 aliphatic heterocycles. The molecule has 3 aromatic rings. The van der Waals surface area contributed by atoms with Gasteiger partial charge in [0.05, 0.1) is 18.0 Å². The summed E-state index contributed by atoms with van der Waals surface area (Å²) in [6.07, 6.45) is 0.158. The van der Waals surface area contributed by atoms with E-state index >= 15 is 0 Å². The molecular weight excluding hydrogens is 448 g/mol. The lowest BCUT2D eigenvalue weighted by molar-refractivity contribution is -0.121. The summed E-state index contributed by atoms with van der Waals surface area (Å²) >= 11 is 1.36. The Labute approximate surface area is 203 Å². The maximum Gasteiger partial charge on any atom is 0.255 e. The summed E-state index contributed by atoms with van der Waals surface area (Å²) in [5, 5.41) is 2.38. The van der Waals surface area contributed by atoms with E-state index < -0.39 is 5.25 Å². The van der Waals surface area contributed by atoms with Gasteiger partial charge in [0, 0.05) is 22.6 Å². The number of amides is 3. The van der Waals surface area contributed by atoms with E-state index in [4.69, 9.17) is 4.74 Å². The first-order valence-electron chi connectivity index (χ1n) is 11.0. The zero-order valence-electron chi connectivity index (χ0n) is 19.3. The number of nitrogens with one attached hydrogen (secondary N) is 1. The van der Waals surface area contributed by atoms with Crippen LogP contribution in [0.3, 0.4) is 0 Å². The molecule has 3 amide bonds. The number of carbonyl (C=O) groups excluding carboxylic acids is 3. The van der Waals surface area contributed by atoms with Crippen LogP contribution in [-0.2, 0) is 9.59 Å². The largest absolute Gasteiger partial charge is 0.497 e. The topological polar surface area (TPSA) is 75.7 Å². The van der Waals surface area contributed by atoms with Gasteiger partial charge in [-0.2, -0.15) is 0 Å². The average molecular weight is 475 g/mol. The second-order valence-corrected chi connectivity index (χ2v) is 9.61. The van der Waals surface area contributed by atoms with Gasteiger partial charge in [0.1, 0.15) is 5.75 Å².